The minimum absolute atomic E-state index is 0.112. The van der Waals surface area contributed by atoms with Crippen molar-refractivity contribution in [3.05, 3.63) is 59.3 Å². The van der Waals surface area contributed by atoms with E-state index in [4.69, 9.17) is 16.6 Å². The summed E-state index contributed by atoms with van der Waals surface area (Å²) in [7, 11) is 0. The average Bonchev–Trinajstić information content (AvgIpc) is 3.05. The van der Waals surface area contributed by atoms with Crippen LogP contribution in [0, 0.1) is 0 Å². The molecule has 0 bridgehead atoms. The highest BCUT2D eigenvalue weighted by molar-refractivity contribution is 5.91. The van der Waals surface area contributed by atoms with Crippen molar-refractivity contribution in [2.45, 2.75) is 13.0 Å². The molecule has 8 nitrogen and oxygen atoms in total. The predicted octanol–water partition coefficient (Wildman–Crippen LogP) is 2.27. The van der Waals surface area contributed by atoms with Crippen molar-refractivity contribution in [1.82, 2.24) is 9.97 Å². The second-order valence-corrected chi connectivity index (χ2v) is 6.69. The first-order valence-electron chi connectivity index (χ1n) is 8.74. The van der Waals surface area contributed by atoms with Crippen LogP contribution in [-0.2, 0) is 13.0 Å². The quantitative estimate of drug-likeness (QED) is 0.543. The Labute approximate surface area is 161 Å². The van der Waals surface area contributed by atoms with E-state index in [1.54, 1.807) is 12.3 Å². The Hall–Kier alpha value is -3.81. The van der Waals surface area contributed by atoms with E-state index >= 15 is 0 Å². The van der Waals surface area contributed by atoms with Crippen molar-refractivity contribution in [1.29, 1.82) is 0 Å². The number of benzene rings is 2. The summed E-state index contributed by atoms with van der Waals surface area (Å²) < 4.78 is 0. The number of nitrogen functional groups attached to an aromatic ring is 2. The number of aromatic hydroxyl groups is 1. The molecule has 1 aromatic heterocycles. The molecule has 0 radical (unpaired) electrons. The lowest BCUT2D eigenvalue weighted by Crippen LogP contribution is -2.21. The molecule has 0 saturated carbocycles. The lowest BCUT2D eigenvalue weighted by Gasteiger charge is -2.20. The van der Waals surface area contributed by atoms with Gasteiger partial charge in [0, 0.05) is 30.5 Å². The van der Waals surface area contributed by atoms with Crippen LogP contribution in [0.4, 0.5) is 17.5 Å². The van der Waals surface area contributed by atoms with Gasteiger partial charge >= 0.3 is 5.97 Å². The molecule has 0 unspecified atom stereocenters. The van der Waals surface area contributed by atoms with Gasteiger partial charge in [-0.2, -0.15) is 4.98 Å². The Kier molecular flexibility index (Phi) is 4.23. The van der Waals surface area contributed by atoms with Crippen LogP contribution < -0.4 is 16.4 Å². The number of aromatic nitrogens is 2. The Bertz CT molecular complexity index is 1080. The Morgan fingerprint density at radius 2 is 1.89 bits per heavy atom. The fourth-order valence-corrected chi connectivity index (χ4v) is 3.47. The zero-order valence-corrected chi connectivity index (χ0v) is 15.0. The third-order valence-corrected chi connectivity index (χ3v) is 4.91. The number of nitrogens with two attached hydrogens (primary N) is 2. The van der Waals surface area contributed by atoms with Crippen molar-refractivity contribution < 1.29 is 15.0 Å². The fourth-order valence-electron chi connectivity index (χ4n) is 3.47. The van der Waals surface area contributed by atoms with Crippen molar-refractivity contribution in [2.24, 2.45) is 0 Å². The largest absolute Gasteiger partial charge is 0.507 e. The molecule has 0 amide bonds. The van der Waals surface area contributed by atoms with E-state index in [-0.39, 0.29) is 17.3 Å². The number of hydrogen-bond acceptors (Lipinski definition) is 7. The van der Waals surface area contributed by atoms with Crippen molar-refractivity contribution in [2.75, 3.05) is 22.9 Å². The van der Waals surface area contributed by atoms with Gasteiger partial charge in [0.25, 0.3) is 0 Å². The summed E-state index contributed by atoms with van der Waals surface area (Å²) in [6.45, 7) is 1.43. The number of aromatic carboxylic acids is 1. The zero-order valence-electron chi connectivity index (χ0n) is 15.0. The number of fused-ring (bicyclic) bond motifs is 1. The highest BCUT2D eigenvalue weighted by Crippen LogP contribution is 2.35. The minimum Gasteiger partial charge on any atom is -0.507 e. The lowest BCUT2D eigenvalue weighted by molar-refractivity contribution is 0.0694. The number of hydrogen-bond donors (Lipinski definition) is 4. The predicted molar refractivity (Wildman–Crippen MR) is 106 cm³/mol. The molecule has 0 aliphatic carbocycles. The Morgan fingerprint density at radius 1 is 1.14 bits per heavy atom. The van der Waals surface area contributed by atoms with Crippen LogP contribution in [0.1, 0.15) is 21.5 Å². The molecule has 0 spiro atoms. The van der Waals surface area contributed by atoms with Gasteiger partial charge in [-0.1, -0.05) is 12.1 Å². The normalized spacial score (nSPS) is 12.8. The molecule has 0 fully saturated rings. The summed E-state index contributed by atoms with van der Waals surface area (Å²) in [4.78, 5) is 21.3. The maximum atomic E-state index is 11.1. The smallest absolute Gasteiger partial charge is 0.339 e. The van der Waals surface area contributed by atoms with E-state index in [1.807, 2.05) is 12.1 Å². The van der Waals surface area contributed by atoms with Gasteiger partial charge in [-0.05, 0) is 47.4 Å². The summed E-state index contributed by atoms with van der Waals surface area (Å²) >= 11 is 0. The van der Waals surface area contributed by atoms with Gasteiger partial charge in [-0.3, -0.25) is 0 Å². The first-order chi connectivity index (χ1) is 13.4. The summed E-state index contributed by atoms with van der Waals surface area (Å²) in [5, 5.41) is 19.0. The highest BCUT2D eigenvalue weighted by atomic mass is 16.4. The zero-order chi connectivity index (χ0) is 19.8. The van der Waals surface area contributed by atoms with E-state index in [0.29, 0.717) is 12.4 Å². The molecular formula is C20H19N5O3. The summed E-state index contributed by atoms with van der Waals surface area (Å²) in [5.74, 6) is -0.859. The third kappa shape index (κ3) is 3.16. The van der Waals surface area contributed by atoms with Crippen LogP contribution in [0.5, 0.6) is 5.75 Å². The Morgan fingerprint density at radius 3 is 2.61 bits per heavy atom. The molecule has 4 rings (SSSR count). The van der Waals surface area contributed by atoms with E-state index in [2.05, 4.69) is 20.9 Å². The second kappa shape index (κ2) is 6.73. The van der Waals surface area contributed by atoms with Gasteiger partial charge in [-0.15, -0.1) is 0 Å². The van der Waals surface area contributed by atoms with Crippen LogP contribution in [0.15, 0.2) is 42.6 Å². The van der Waals surface area contributed by atoms with Crippen molar-refractivity contribution in [3.63, 3.8) is 0 Å². The van der Waals surface area contributed by atoms with Gasteiger partial charge in [0.15, 0.2) is 0 Å². The van der Waals surface area contributed by atoms with E-state index in [9.17, 15) is 9.90 Å². The summed E-state index contributed by atoms with van der Waals surface area (Å²) in [6, 6.07) is 10.6. The van der Waals surface area contributed by atoms with E-state index in [1.165, 1.54) is 17.7 Å². The van der Waals surface area contributed by atoms with Crippen LogP contribution in [0.3, 0.4) is 0 Å². The topological polar surface area (TPSA) is 139 Å². The first kappa shape index (κ1) is 17.6. The van der Waals surface area contributed by atoms with Gasteiger partial charge in [-0.25, -0.2) is 9.78 Å². The van der Waals surface area contributed by atoms with Crippen LogP contribution >= 0.6 is 0 Å². The summed E-state index contributed by atoms with van der Waals surface area (Å²) in [5.41, 5.74) is 16.2. The fraction of sp³-hybridized carbons (Fsp3) is 0.150. The molecular weight excluding hydrogens is 358 g/mol. The number of anilines is 3. The molecule has 8 heteroatoms. The Balaban J connectivity index is 1.60. The number of rotatable bonds is 4. The van der Waals surface area contributed by atoms with Crippen LogP contribution in [-0.4, -0.2) is 32.7 Å². The molecule has 0 saturated heterocycles. The van der Waals surface area contributed by atoms with Gasteiger partial charge < -0.3 is 26.6 Å². The molecule has 2 aromatic carbocycles. The molecule has 28 heavy (non-hydrogen) atoms. The number of carboxylic acids is 1. The molecule has 1 aliphatic rings. The molecule has 6 N–H and O–H groups in total. The number of nitrogens with zero attached hydrogens (tertiary/aromatic N) is 3. The molecule has 0 atom stereocenters. The summed E-state index contributed by atoms with van der Waals surface area (Å²) in [6.07, 6.45) is 2.52. The van der Waals surface area contributed by atoms with Crippen LogP contribution in [0.2, 0.25) is 0 Å². The van der Waals surface area contributed by atoms with E-state index in [0.717, 1.165) is 35.3 Å². The molecule has 142 valence electrons. The molecule has 1 aliphatic heterocycles. The van der Waals surface area contributed by atoms with E-state index < -0.39 is 5.97 Å². The first-order valence-corrected chi connectivity index (χ1v) is 8.74. The standard InChI is InChI=1S/C20H19N5O3/c21-18-14(9-23-20(22)24-18)10-25-6-5-13-7-11(2-4-16(13)25)12-1-3-15(19(27)28)17(26)8-12/h1-4,7-9,26H,5-6,10H2,(H,27,28)(H4,21,22,23,24). The lowest BCUT2D eigenvalue weighted by atomic mass is 10.00. The van der Waals surface area contributed by atoms with Crippen molar-refractivity contribution in [3.8, 4) is 16.9 Å². The van der Waals surface area contributed by atoms with Gasteiger partial charge in [0.1, 0.15) is 17.1 Å². The van der Waals surface area contributed by atoms with Gasteiger partial charge in [0.05, 0.1) is 0 Å². The maximum Gasteiger partial charge on any atom is 0.339 e. The average molecular weight is 377 g/mol. The third-order valence-electron chi connectivity index (χ3n) is 4.91. The molecule has 3 aromatic rings. The highest BCUT2D eigenvalue weighted by Gasteiger charge is 2.21. The van der Waals surface area contributed by atoms with Crippen LogP contribution in [0.25, 0.3) is 11.1 Å². The number of phenols is 1. The SMILES string of the molecule is Nc1ncc(CN2CCc3cc(-c4ccc(C(=O)O)c(O)c4)ccc32)c(N)n1. The maximum absolute atomic E-state index is 11.1. The van der Waals surface area contributed by atoms with Gasteiger partial charge in [0.2, 0.25) is 5.95 Å². The second-order valence-electron chi connectivity index (χ2n) is 6.69. The monoisotopic (exact) mass is 377 g/mol. The number of carbonyl (C=O) groups is 1. The number of carboxylic acid groups (broad SMARTS) is 1. The minimum atomic E-state index is -1.15. The van der Waals surface area contributed by atoms with Crippen molar-refractivity contribution >= 4 is 23.4 Å². The molecule has 2 heterocycles.